The van der Waals surface area contributed by atoms with Crippen molar-refractivity contribution in [1.82, 2.24) is 4.98 Å². The van der Waals surface area contributed by atoms with Crippen molar-refractivity contribution in [2.45, 2.75) is 58.9 Å². The van der Waals surface area contributed by atoms with E-state index in [-0.39, 0.29) is 0 Å². The van der Waals surface area contributed by atoms with Gasteiger partial charge in [-0.05, 0) is 18.4 Å². The van der Waals surface area contributed by atoms with Crippen molar-refractivity contribution >= 4 is 10.4 Å². The molecule has 0 radical (unpaired) electrons. The van der Waals surface area contributed by atoms with Gasteiger partial charge < -0.3 is 4.98 Å². The maximum absolute atomic E-state index is 3.44. The van der Waals surface area contributed by atoms with Crippen molar-refractivity contribution in [3.05, 3.63) is 0 Å². The second-order valence-electron chi connectivity index (χ2n) is 3.90. The zero-order valence-electron chi connectivity index (χ0n) is 9.19. The number of unbranched alkanes of at least 4 members (excludes halogenated alkanes) is 3. The molecule has 0 aliphatic carbocycles. The highest BCUT2D eigenvalue weighted by atomic mass is 28.2. The molecule has 0 fully saturated rings. The SMILES string of the molecule is CCCCCCC(C)C(C)N[SiH3]. The first-order valence-electron chi connectivity index (χ1n) is 5.39. The summed E-state index contributed by atoms with van der Waals surface area (Å²) in [5.41, 5.74) is 0. The van der Waals surface area contributed by atoms with Crippen LogP contribution >= 0.6 is 0 Å². The van der Waals surface area contributed by atoms with Gasteiger partial charge in [-0.3, -0.25) is 0 Å². The lowest BCUT2D eigenvalue weighted by atomic mass is 9.97. The molecule has 74 valence electrons. The number of hydrogen-bond donors (Lipinski definition) is 1. The molecule has 0 amide bonds. The molecule has 2 atom stereocenters. The Hall–Kier alpha value is 0.177. The Kier molecular flexibility index (Phi) is 7.92. The zero-order valence-corrected chi connectivity index (χ0v) is 11.2. The van der Waals surface area contributed by atoms with Crippen LogP contribution in [0.3, 0.4) is 0 Å². The lowest BCUT2D eigenvalue weighted by Gasteiger charge is -2.18. The lowest BCUT2D eigenvalue weighted by molar-refractivity contribution is 0.408. The van der Waals surface area contributed by atoms with Gasteiger partial charge in [-0.15, -0.1) is 0 Å². The second-order valence-corrected chi connectivity index (χ2v) is 4.48. The molecule has 12 heavy (non-hydrogen) atoms. The van der Waals surface area contributed by atoms with Gasteiger partial charge in [0.25, 0.3) is 0 Å². The van der Waals surface area contributed by atoms with Crippen LogP contribution in [-0.4, -0.2) is 16.4 Å². The van der Waals surface area contributed by atoms with Crippen LogP contribution in [0, 0.1) is 5.92 Å². The smallest absolute Gasteiger partial charge is 0.0752 e. The highest BCUT2D eigenvalue weighted by Crippen LogP contribution is 2.13. The Morgan fingerprint density at radius 3 is 2.33 bits per heavy atom. The number of nitrogens with one attached hydrogen (secondary N) is 1. The van der Waals surface area contributed by atoms with E-state index in [4.69, 9.17) is 0 Å². The molecule has 0 saturated heterocycles. The first-order valence-corrected chi connectivity index (χ1v) is 6.39. The molecule has 0 aliphatic rings. The molecule has 0 rings (SSSR count). The Morgan fingerprint density at radius 1 is 1.17 bits per heavy atom. The molecule has 0 heterocycles. The van der Waals surface area contributed by atoms with Crippen LogP contribution in [0.2, 0.25) is 0 Å². The summed E-state index contributed by atoms with van der Waals surface area (Å²) in [6.07, 6.45) is 7.01. The van der Waals surface area contributed by atoms with Crippen molar-refractivity contribution in [2.75, 3.05) is 0 Å². The minimum atomic E-state index is 0.735. The van der Waals surface area contributed by atoms with Crippen LogP contribution in [0.25, 0.3) is 0 Å². The van der Waals surface area contributed by atoms with Crippen molar-refractivity contribution in [3.8, 4) is 0 Å². The van der Waals surface area contributed by atoms with E-state index in [9.17, 15) is 0 Å². The molecule has 2 unspecified atom stereocenters. The quantitative estimate of drug-likeness (QED) is 0.474. The van der Waals surface area contributed by atoms with E-state index in [2.05, 4.69) is 25.8 Å². The predicted molar refractivity (Wildman–Crippen MR) is 60.5 cm³/mol. The van der Waals surface area contributed by atoms with Gasteiger partial charge in [-0.2, -0.15) is 0 Å². The Balaban J connectivity index is 3.24. The fourth-order valence-corrected chi connectivity index (χ4v) is 2.00. The highest BCUT2D eigenvalue weighted by Gasteiger charge is 2.08. The Bertz CT molecular complexity index is 95.8. The predicted octanol–water partition coefficient (Wildman–Crippen LogP) is 1.85. The van der Waals surface area contributed by atoms with Gasteiger partial charge in [0.15, 0.2) is 0 Å². The first-order chi connectivity index (χ1) is 5.72. The molecule has 0 saturated carbocycles. The number of rotatable bonds is 7. The van der Waals surface area contributed by atoms with Crippen LogP contribution in [0.1, 0.15) is 52.9 Å². The zero-order chi connectivity index (χ0) is 9.40. The van der Waals surface area contributed by atoms with E-state index in [1.165, 1.54) is 32.1 Å². The average Bonchev–Trinajstić information content (AvgIpc) is 2.10. The maximum atomic E-state index is 3.44. The normalized spacial score (nSPS) is 16.2. The first kappa shape index (κ1) is 12.2. The van der Waals surface area contributed by atoms with E-state index < -0.39 is 0 Å². The molecule has 1 N–H and O–H groups in total. The maximum Gasteiger partial charge on any atom is 0.0752 e. The van der Waals surface area contributed by atoms with Crippen LogP contribution in [0.15, 0.2) is 0 Å². The van der Waals surface area contributed by atoms with Gasteiger partial charge in [-0.25, -0.2) is 0 Å². The highest BCUT2D eigenvalue weighted by molar-refractivity contribution is 6.04. The van der Waals surface area contributed by atoms with E-state index in [0.29, 0.717) is 0 Å². The molecule has 0 bridgehead atoms. The van der Waals surface area contributed by atoms with Crippen LogP contribution < -0.4 is 4.98 Å². The third-order valence-corrected chi connectivity index (χ3v) is 3.73. The molecule has 0 aromatic rings. The summed E-state index contributed by atoms with van der Waals surface area (Å²) in [6, 6.07) is 0.735. The minimum absolute atomic E-state index is 0.735. The number of hydrogen-bond acceptors (Lipinski definition) is 1. The van der Waals surface area contributed by atoms with Crippen LogP contribution in [0.4, 0.5) is 0 Å². The molecule has 0 aromatic heterocycles. The standard InChI is InChI=1S/C10H25NSi/c1-4-5-6-7-8-9(2)10(3)11-12/h9-11H,4-8H2,1-3,12H3. The van der Waals surface area contributed by atoms with E-state index in [0.717, 1.165) is 22.4 Å². The topological polar surface area (TPSA) is 12.0 Å². The van der Waals surface area contributed by atoms with Gasteiger partial charge in [0, 0.05) is 0 Å². The van der Waals surface area contributed by atoms with Crippen molar-refractivity contribution < 1.29 is 0 Å². The summed E-state index contributed by atoms with van der Waals surface area (Å²) in [6.45, 7) is 6.93. The monoisotopic (exact) mass is 187 g/mol. The van der Waals surface area contributed by atoms with E-state index >= 15 is 0 Å². The molecular formula is C10H25NSi. The van der Waals surface area contributed by atoms with Crippen molar-refractivity contribution in [3.63, 3.8) is 0 Å². The van der Waals surface area contributed by atoms with Gasteiger partial charge in [0.05, 0.1) is 10.4 Å². The largest absolute Gasteiger partial charge is 0.343 e. The second kappa shape index (κ2) is 7.81. The fraction of sp³-hybridized carbons (Fsp3) is 1.00. The Labute approximate surface area is 80.8 Å². The van der Waals surface area contributed by atoms with Crippen LogP contribution in [-0.2, 0) is 0 Å². The van der Waals surface area contributed by atoms with Gasteiger partial charge in [0.1, 0.15) is 0 Å². The summed E-state index contributed by atoms with van der Waals surface area (Å²) >= 11 is 0. The third kappa shape index (κ3) is 5.78. The fourth-order valence-electron chi connectivity index (χ4n) is 1.43. The third-order valence-electron chi connectivity index (χ3n) is 2.82. The van der Waals surface area contributed by atoms with Crippen molar-refractivity contribution in [2.24, 2.45) is 5.92 Å². The van der Waals surface area contributed by atoms with Gasteiger partial charge >= 0.3 is 0 Å². The van der Waals surface area contributed by atoms with Gasteiger partial charge in [0.2, 0.25) is 0 Å². The average molecular weight is 187 g/mol. The summed E-state index contributed by atoms with van der Waals surface area (Å²) in [5.74, 6) is 0.861. The summed E-state index contributed by atoms with van der Waals surface area (Å²) in [7, 11) is 1.13. The van der Waals surface area contributed by atoms with E-state index in [1.54, 1.807) is 0 Å². The lowest BCUT2D eigenvalue weighted by Crippen LogP contribution is -2.29. The summed E-state index contributed by atoms with van der Waals surface area (Å²) in [5, 5.41) is 0. The molecule has 0 spiro atoms. The molecular weight excluding hydrogens is 162 g/mol. The van der Waals surface area contributed by atoms with Crippen molar-refractivity contribution in [1.29, 1.82) is 0 Å². The minimum Gasteiger partial charge on any atom is -0.343 e. The van der Waals surface area contributed by atoms with Gasteiger partial charge in [-0.1, -0.05) is 46.5 Å². The van der Waals surface area contributed by atoms with Crippen LogP contribution in [0.5, 0.6) is 0 Å². The molecule has 0 aromatic carbocycles. The summed E-state index contributed by atoms with van der Waals surface area (Å²) < 4.78 is 0. The van der Waals surface area contributed by atoms with E-state index in [1.807, 2.05) is 0 Å². The molecule has 0 aliphatic heterocycles. The summed E-state index contributed by atoms with van der Waals surface area (Å²) in [4.78, 5) is 3.44. The molecule has 2 heteroatoms. The molecule has 1 nitrogen and oxygen atoms in total. The Morgan fingerprint density at radius 2 is 1.83 bits per heavy atom.